The highest BCUT2D eigenvalue weighted by Crippen LogP contribution is 2.41. The van der Waals surface area contributed by atoms with Gasteiger partial charge in [-0.3, -0.25) is 4.79 Å². The van der Waals surface area contributed by atoms with E-state index in [9.17, 15) is 18.3 Å². The van der Waals surface area contributed by atoms with Crippen molar-refractivity contribution in [1.82, 2.24) is 19.8 Å². The number of sulfone groups is 1. The lowest BCUT2D eigenvalue weighted by molar-refractivity contribution is -0.0893. The van der Waals surface area contributed by atoms with Crippen LogP contribution in [0.4, 0.5) is 0 Å². The van der Waals surface area contributed by atoms with Gasteiger partial charge in [-0.1, -0.05) is 61.4 Å². The second kappa shape index (κ2) is 14.8. The lowest BCUT2D eigenvalue weighted by Crippen LogP contribution is -2.54. The molecule has 1 aromatic heterocycles. The Kier molecular flexibility index (Phi) is 12.0. The van der Waals surface area contributed by atoms with Gasteiger partial charge in [0.2, 0.25) is 0 Å². The fourth-order valence-electron chi connectivity index (χ4n) is 6.12. The summed E-state index contributed by atoms with van der Waals surface area (Å²) in [5.41, 5.74) is 0.753. The van der Waals surface area contributed by atoms with Gasteiger partial charge < -0.3 is 24.6 Å². The second-order valence-corrected chi connectivity index (χ2v) is 12.9. The van der Waals surface area contributed by atoms with E-state index in [1.54, 1.807) is 48.7 Å². The van der Waals surface area contributed by atoms with Gasteiger partial charge in [-0.2, -0.15) is 0 Å². The number of carbonyl (C=O) groups excluding carboxylic acids is 1. The summed E-state index contributed by atoms with van der Waals surface area (Å²) in [6.45, 7) is 1.77. The van der Waals surface area contributed by atoms with E-state index >= 15 is 0 Å². The first-order chi connectivity index (χ1) is 19.3. The second-order valence-electron chi connectivity index (χ2n) is 10.8. The largest absolute Gasteiger partial charge is 0.385 e. The number of hydrogen-bond acceptors (Lipinski definition) is 7. The summed E-state index contributed by atoms with van der Waals surface area (Å²) in [7, 11) is -1.89. The van der Waals surface area contributed by atoms with Gasteiger partial charge in [-0.15, -0.1) is 24.8 Å². The molecule has 0 radical (unpaired) electrons. The molecule has 9 nitrogen and oxygen atoms in total. The van der Waals surface area contributed by atoms with Crippen LogP contribution in [-0.2, 0) is 14.6 Å². The highest BCUT2D eigenvalue weighted by molar-refractivity contribution is 7.91. The molecular formula is C30H40Cl2N4O5S. The number of imidazole rings is 1. The molecular weight excluding hydrogens is 599 g/mol. The van der Waals surface area contributed by atoms with Gasteiger partial charge >= 0.3 is 0 Å². The molecule has 1 aliphatic heterocycles. The van der Waals surface area contributed by atoms with Gasteiger partial charge in [0.15, 0.2) is 15.5 Å². The van der Waals surface area contributed by atoms with Crippen molar-refractivity contribution in [3.63, 3.8) is 0 Å². The van der Waals surface area contributed by atoms with Gasteiger partial charge in [0.1, 0.15) is 5.60 Å². The smallest absolute Gasteiger partial charge is 0.275 e. The fourth-order valence-corrected chi connectivity index (χ4v) is 7.51. The first kappa shape index (κ1) is 34.0. The van der Waals surface area contributed by atoms with E-state index in [4.69, 9.17) is 4.74 Å². The minimum atomic E-state index is -3.48. The lowest BCUT2D eigenvalue weighted by Gasteiger charge is -2.41. The molecule has 1 saturated heterocycles. The Balaban J connectivity index is 0.00000242. The van der Waals surface area contributed by atoms with Crippen molar-refractivity contribution in [2.45, 2.75) is 54.7 Å². The van der Waals surface area contributed by atoms with E-state index < -0.39 is 15.4 Å². The Morgan fingerprint density at radius 2 is 1.79 bits per heavy atom. The first-order valence-electron chi connectivity index (χ1n) is 14.0. The summed E-state index contributed by atoms with van der Waals surface area (Å²) >= 11 is 0. The van der Waals surface area contributed by atoms with Crippen molar-refractivity contribution in [1.29, 1.82) is 0 Å². The molecule has 2 aromatic carbocycles. The summed E-state index contributed by atoms with van der Waals surface area (Å²) in [6, 6.07) is 17.5. The third-order valence-electron chi connectivity index (χ3n) is 8.16. The molecule has 5 rings (SSSR count). The number of ether oxygens (including phenoxy) is 1. The molecule has 2 heterocycles. The predicted octanol–water partition coefficient (Wildman–Crippen LogP) is 4.16. The van der Waals surface area contributed by atoms with E-state index in [1.807, 2.05) is 34.9 Å². The number of aromatic nitrogens is 2. The zero-order valence-electron chi connectivity index (χ0n) is 23.7. The first-order valence-corrected chi connectivity index (χ1v) is 15.6. The molecule has 3 aromatic rings. The minimum absolute atomic E-state index is 0. The number of nitrogens with one attached hydrogen (secondary N) is 1. The normalized spacial score (nSPS) is 22.6. The third kappa shape index (κ3) is 7.18. The van der Waals surface area contributed by atoms with Crippen LogP contribution in [0.2, 0.25) is 0 Å². The SMILES string of the molecule is COC[C@]1(O)CCCC[C@H]1n1cnc(C(=O)N2CCNC[C@H]2CCS(=O)(=O)c2ccccc2)c1-c1ccccc1.Cl.Cl. The summed E-state index contributed by atoms with van der Waals surface area (Å²) in [4.78, 5) is 20.9. The lowest BCUT2D eigenvalue weighted by atomic mass is 9.80. The zero-order chi connectivity index (χ0) is 28.2. The zero-order valence-corrected chi connectivity index (χ0v) is 26.2. The number of benzene rings is 2. The molecule has 0 unspecified atom stereocenters. The van der Waals surface area contributed by atoms with Crippen LogP contribution in [0, 0.1) is 0 Å². The number of amides is 1. The quantitative estimate of drug-likeness (QED) is 0.362. The van der Waals surface area contributed by atoms with Crippen molar-refractivity contribution < 1.29 is 23.1 Å². The third-order valence-corrected chi connectivity index (χ3v) is 9.93. The van der Waals surface area contributed by atoms with Crippen LogP contribution in [0.3, 0.4) is 0 Å². The van der Waals surface area contributed by atoms with Crippen molar-refractivity contribution in [3.8, 4) is 11.3 Å². The Hall–Kier alpha value is -2.47. The summed E-state index contributed by atoms with van der Waals surface area (Å²) in [5.74, 6) is -0.286. The number of piperazine rings is 1. The number of carbonyl (C=O) groups is 1. The fraction of sp³-hybridized carbons (Fsp3) is 0.467. The molecule has 3 atom stereocenters. The van der Waals surface area contributed by atoms with Gasteiger partial charge in [0.25, 0.3) is 5.91 Å². The molecule has 2 aliphatic rings. The van der Waals surface area contributed by atoms with Crippen LogP contribution in [0.25, 0.3) is 11.3 Å². The van der Waals surface area contributed by atoms with Crippen LogP contribution in [0.5, 0.6) is 0 Å². The predicted molar refractivity (Wildman–Crippen MR) is 167 cm³/mol. The highest BCUT2D eigenvalue weighted by atomic mass is 35.5. The van der Waals surface area contributed by atoms with Gasteiger partial charge in [-0.25, -0.2) is 13.4 Å². The van der Waals surface area contributed by atoms with Crippen LogP contribution in [-0.4, -0.2) is 84.6 Å². The Morgan fingerprint density at radius 1 is 1.10 bits per heavy atom. The van der Waals surface area contributed by atoms with Crippen molar-refractivity contribution in [3.05, 3.63) is 72.7 Å². The topological polar surface area (TPSA) is 114 Å². The number of methoxy groups -OCH3 is 1. The molecule has 1 aliphatic carbocycles. The van der Waals surface area contributed by atoms with Crippen LogP contribution in [0.15, 0.2) is 71.9 Å². The molecule has 2 fully saturated rings. The summed E-state index contributed by atoms with van der Waals surface area (Å²) in [5, 5.41) is 14.9. The molecule has 42 heavy (non-hydrogen) atoms. The van der Waals surface area contributed by atoms with E-state index in [0.717, 1.165) is 24.8 Å². The maximum absolute atomic E-state index is 14.2. The van der Waals surface area contributed by atoms with E-state index in [0.29, 0.717) is 43.9 Å². The van der Waals surface area contributed by atoms with E-state index in [-0.39, 0.29) is 60.1 Å². The average Bonchev–Trinajstić information content (AvgIpc) is 3.42. The van der Waals surface area contributed by atoms with E-state index in [2.05, 4.69) is 10.3 Å². The molecule has 0 spiro atoms. The summed E-state index contributed by atoms with van der Waals surface area (Å²) < 4.78 is 33.3. The van der Waals surface area contributed by atoms with Crippen LogP contribution in [0.1, 0.15) is 48.6 Å². The number of halogens is 2. The maximum atomic E-state index is 14.2. The van der Waals surface area contributed by atoms with Gasteiger partial charge in [-0.05, 0) is 31.4 Å². The monoisotopic (exact) mass is 638 g/mol. The Bertz CT molecular complexity index is 1400. The maximum Gasteiger partial charge on any atom is 0.275 e. The van der Waals surface area contributed by atoms with Crippen LogP contribution < -0.4 is 5.32 Å². The average molecular weight is 640 g/mol. The highest BCUT2D eigenvalue weighted by Gasteiger charge is 2.42. The summed E-state index contributed by atoms with van der Waals surface area (Å²) in [6.07, 6.45) is 5.21. The minimum Gasteiger partial charge on any atom is -0.385 e. The number of aliphatic hydroxyl groups is 1. The molecule has 230 valence electrons. The number of hydrogen-bond donors (Lipinski definition) is 2. The standard InChI is InChI=1S/C30H38N4O5S.2ClH/c1-39-21-30(36)16-9-8-14-26(30)34-22-32-27(28(34)23-10-4-2-5-11-23)29(35)33-18-17-31-20-24(33)15-19-40(37,38)25-12-6-3-7-13-25;;/h2-7,10-13,22,24,26,31,36H,8-9,14-21H2,1H3;2*1H/t24-,26-,30-;;/m1../s1. The van der Waals surface area contributed by atoms with Gasteiger partial charge in [0.05, 0.1) is 35.3 Å². The Labute approximate surface area is 260 Å². The molecule has 0 bridgehead atoms. The molecule has 2 N–H and O–H groups in total. The Morgan fingerprint density at radius 3 is 2.48 bits per heavy atom. The van der Waals surface area contributed by atoms with Crippen molar-refractivity contribution in [2.24, 2.45) is 0 Å². The van der Waals surface area contributed by atoms with Crippen LogP contribution >= 0.6 is 24.8 Å². The van der Waals surface area contributed by atoms with Gasteiger partial charge in [0, 0.05) is 38.3 Å². The van der Waals surface area contributed by atoms with Crippen molar-refractivity contribution in [2.75, 3.05) is 39.1 Å². The van der Waals surface area contributed by atoms with E-state index in [1.165, 1.54) is 0 Å². The molecule has 1 saturated carbocycles. The molecule has 1 amide bonds. The van der Waals surface area contributed by atoms with Crippen molar-refractivity contribution >= 4 is 40.6 Å². The number of nitrogens with zero attached hydrogens (tertiary/aromatic N) is 3. The molecule has 12 heteroatoms. The number of rotatable bonds is 9.